The van der Waals surface area contributed by atoms with E-state index in [4.69, 9.17) is 33.2 Å². The first-order chi connectivity index (χ1) is 29.4. The van der Waals surface area contributed by atoms with Gasteiger partial charge in [-0.2, -0.15) is 0 Å². The molecule has 4 aliphatic heterocycles. The molecule has 0 spiro atoms. The molecule has 18 heteroatoms. The van der Waals surface area contributed by atoms with Gasteiger partial charge in [-0.25, -0.2) is 0 Å². The molecule has 25 atom stereocenters. The summed E-state index contributed by atoms with van der Waals surface area (Å²) in [5.41, 5.74) is 1.27. The van der Waals surface area contributed by atoms with Gasteiger partial charge in [0.2, 0.25) is 0 Å². The van der Waals surface area contributed by atoms with Crippen LogP contribution >= 0.6 is 0 Å². The van der Waals surface area contributed by atoms with Crippen molar-refractivity contribution in [2.45, 2.75) is 190 Å². The number of allylic oxidation sites excluding steroid dienone is 1. The minimum absolute atomic E-state index is 0.0831. The molecular formula is C44H72O18. The second-order valence-corrected chi connectivity index (χ2v) is 20.6. The number of hydrogen-bond acceptors (Lipinski definition) is 18. The Morgan fingerprint density at radius 1 is 0.710 bits per heavy atom. The molecule has 18 nitrogen and oxygen atoms in total. The molecule has 0 aromatic heterocycles. The summed E-state index contributed by atoms with van der Waals surface area (Å²) in [6.07, 6.45) is -13.3. The molecule has 25 unspecified atom stereocenters. The predicted octanol–water partition coefficient (Wildman–Crippen LogP) is -1.22. The second-order valence-electron chi connectivity index (χ2n) is 20.6. The average Bonchev–Trinajstić information content (AvgIpc) is 3.73. The fourth-order valence-corrected chi connectivity index (χ4v) is 13.4. The van der Waals surface area contributed by atoms with E-state index < -0.39 is 105 Å². The lowest BCUT2D eigenvalue weighted by Crippen LogP contribution is -2.62. The minimum Gasteiger partial charge on any atom is -0.494 e. The highest BCUT2D eigenvalue weighted by Crippen LogP contribution is 2.70. The molecule has 0 aromatic carbocycles. The van der Waals surface area contributed by atoms with Gasteiger partial charge in [-0.15, -0.1) is 0 Å². The third kappa shape index (κ3) is 8.43. The van der Waals surface area contributed by atoms with Crippen LogP contribution in [0.15, 0.2) is 11.3 Å². The first-order valence-electron chi connectivity index (χ1n) is 23.0. The summed E-state index contributed by atoms with van der Waals surface area (Å²) in [7, 11) is 0. The molecule has 0 amide bonds. The number of hydrogen-bond donors (Lipinski definition) is 11. The number of rotatable bonds is 12. The van der Waals surface area contributed by atoms with E-state index in [9.17, 15) is 56.2 Å². The molecule has 3 saturated heterocycles. The molecule has 8 aliphatic rings. The number of aliphatic hydroxyl groups excluding tert-OH is 11. The predicted molar refractivity (Wildman–Crippen MR) is 213 cm³/mol. The Labute approximate surface area is 362 Å². The van der Waals surface area contributed by atoms with Crippen molar-refractivity contribution in [3.63, 3.8) is 0 Å². The molecule has 4 saturated carbocycles. The van der Waals surface area contributed by atoms with Crippen molar-refractivity contribution in [2.24, 2.45) is 46.3 Å². The summed E-state index contributed by atoms with van der Waals surface area (Å²) in [5.74, 6) is 3.09. The fourth-order valence-electron chi connectivity index (χ4n) is 13.4. The lowest BCUT2D eigenvalue weighted by molar-refractivity contribution is -0.336. The second kappa shape index (κ2) is 18.5. The van der Waals surface area contributed by atoms with Crippen molar-refractivity contribution in [3.05, 3.63) is 11.3 Å². The molecule has 0 radical (unpaired) electrons. The van der Waals surface area contributed by atoms with Crippen molar-refractivity contribution >= 4 is 0 Å². The van der Waals surface area contributed by atoms with E-state index >= 15 is 0 Å². The molecule has 4 aliphatic carbocycles. The highest BCUT2D eigenvalue weighted by atomic mass is 16.7. The van der Waals surface area contributed by atoms with Crippen LogP contribution in [-0.4, -0.2) is 187 Å². The number of ether oxygens (including phenoxy) is 7. The van der Waals surface area contributed by atoms with Crippen LogP contribution in [0.25, 0.3) is 0 Å². The maximum absolute atomic E-state index is 11.7. The molecule has 356 valence electrons. The highest BCUT2D eigenvalue weighted by molar-refractivity contribution is 5.27. The third-order valence-corrected chi connectivity index (χ3v) is 17.0. The number of fused-ring (bicyclic) bond motifs is 7. The van der Waals surface area contributed by atoms with Gasteiger partial charge < -0.3 is 89.3 Å². The van der Waals surface area contributed by atoms with Gasteiger partial charge in [0.15, 0.2) is 18.9 Å². The van der Waals surface area contributed by atoms with Crippen LogP contribution < -0.4 is 0 Å². The first-order valence-corrected chi connectivity index (χ1v) is 23.0. The Morgan fingerprint density at radius 2 is 1.39 bits per heavy atom. The summed E-state index contributed by atoms with van der Waals surface area (Å²) in [6.45, 7) is 8.13. The SMILES string of the molecule is CC1=C(CCC(C)COC2OC(CO)C(O)C(O)C2O)OC2CC3C4CCC5CC(OC6OC(COC7OCC(O)C(O)C7O)C(O)C(O)C6O)C(O)CC5(C)C4CCC3(C)C12. The Kier molecular flexibility index (Phi) is 14.1. The van der Waals surface area contributed by atoms with Crippen molar-refractivity contribution < 1.29 is 89.3 Å². The van der Waals surface area contributed by atoms with Crippen LogP contribution in [0.2, 0.25) is 0 Å². The molecule has 8 rings (SSSR count). The van der Waals surface area contributed by atoms with Crippen LogP contribution in [0.5, 0.6) is 0 Å². The van der Waals surface area contributed by atoms with Gasteiger partial charge in [0, 0.05) is 12.3 Å². The molecule has 11 N–H and O–H groups in total. The molecule has 0 bridgehead atoms. The Hall–Kier alpha value is -1.14. The Morgan fingerprint density at radius 3 is 2.11 bits per heavy atom. The van der Waals surface area contributed by atoms with Crippen molar-refractivity contribution in [3.8, 4) is 0 Å². The summed E-state index contributed by atoms with van der Waals surface area (Å²) in [5, 5.41) is 114. The zero-order chi connectivity index (χ0) is 44.6. The van der Waals surface area contributed by atoms with Gasteiger partial charge in [-0.05, 0) is 104 Å². The van der Waals surface area contributed by atoms with Gasteiger partial charge in [0.1, 0.15) is 73.2 Å². The van der Waals surface area contributed by atoms with Gasteiger partial charge in [0.25, 0.3) is 0 Å². The summed E-state index contributed by atoms with van der Waals surface area (Å²) < 4.78 is 41.1. The van der Waals surface area contributed by atoms with Gasteiger partial charge in [0.05, 0.1) is 44.4 Å². The van der Waals surface area contributed by atoms with E-state index in [1.807, 2.05) is 6.92 Å². The van der Waals surface area contributed by atoms with Crippen LogP contribution in [0.1, 0.15) is 85.5 Å². The van der Waals surface area contributed by atoms with E-state index in [0.29, 0.717) is 36.5 Å². The Balaban J connectivity index is 0.850. The molecule has 4 heterocycles. The van der Waals surface area contributed by atoms with E-state index in [-0.39, 0.29) is 48.6 Å². The first kappa shape index (κ1) is 47.4. The molecule has 0 aromatic rings. The smallest absolute Gasteiger partial charge is 0.187 e. The van der Waals surface area contributed by atoms with E-state index in [1.165, 1.54) is 5.57 Å². The summed E-state index contributed by atoms with van der Waals surface area (Å²) >= 11 is 0. The largest absolute Gasteiger partial charge is 0.494 e. The average molecular weight is 889 g/mol. The van der Waals surface area contributed by atoms with Crippen LogP contribution in [0.4, 0.5) is 0 Å². The normalized spacial score (nSPS) is 53.3. The maximum Gasteiger partial charge on any atom is 0.187 e. The summed E-state index contributed by atoms with van der Waals surface area (Å²) in [4.78, 5) is 0. The van der Waals surface area contributed by atoms with E-state index in [1.54, 1.807) is 0 Å². The van der Waals surface area contributed by atoms with E-state index in [2.05, 4.69) is 20.8 Å². The topological polar surface area (TPSA) is 287 Å². The Bertz CT molecular complexity index is 1570. The highest BCUT2D eigenvalue weighted by Gasteiger charge is 2.65. The summed E-state index contributed by atoms with van der Waals surface area (Å²) in [6, 6.07) is 0. The van der Waals surface area contributed by atoms with Crippen LogP contribution in [-0.2, 0) is 33.2 Å². The lowest BCUT2D eigenvalue weighted by atomic mass is 9.44. The zero-order valence-corrected chi connectivity index (χ0v) is 36.2. The van der Waals surface area contributed by atoms with Gasteiger partial charge in [-0.1, -0.05) is 20.8 Å². The number of aliphatic hydroxyl groups is 11. The minimum atomic E-state index is -1.65. The fraction of sp³-hybridized carbons (Fsp3) is 0.955. The van der Waals surface area contributed by atoms with Gasteiger partial charge in [-0.3, -0.25) is 0 Å². The third-order valence-electron chi connectivity index (χ3n) is 17.0. The van der Waals surface area contributed by atoms with Crippen LogP contribution in [0, 0.1) is 46.3 Å². The standard InChI is InChI=1S/C44H72O18/c1-18(15-56-41-38(54)35(51)33(49)29(14-45)61-41)5-8-26-19(2)31-28(59-26)12-23-21-7-6-20-11-27(24(46)13-44(20,4)22(21)9-10-43(23,31)3)60-42-39(55)36(52)34(50)30(62-42)17-58-40-37(53)32(48)25(47)16-57-40/h18,20-25,27-42,45-55H,5-17H2,1-4H3. The maximum atomic E-state index is 11.7. The van der Waals surface area contributed by atoms with Crippen molar-refractivity contribution in [1.29, 1.82) is 0 Å². The van der Waals surface area contributed by atoms with Gasteiger partial charge >= 0.3 is 0 Å². The van der Waals surface area contributed by atoms with Crippen molar-refractivity contribution in [2.75, 3.05) is 26.4 Å². The van der Waals surface area contributed by atoms with E-state index in [0.717, 1.165) is 50.7 Å². The van der Waals surface area contributed by atoms with Crippen LogP contribution in [0.3, 0.4) is 0 Å². The molecular weight excluding hydrogens is 816 g/mol. The lowest BCUT2D eigenvalue weighted by Gasteiger charge is -2.61. The van der Waals surface area contributed by atoms with Crippen molar-refractivity contribution in [1.82, 2.24) is 0 Å². The molecule has 62 heavy (non-hydrogen) atoms. The quantitative estimate of drug-likeness (QED) is 0.102. The monoisotopic (exact) mass is 888 g/mol. The molecule has 7 fully saturated rings. The zero-order valence-electron chi connectivity index (χ0n) is 36.2.